The molecule has 37 nitrogen and oxygen atoms in total. The summed E-state index contributed by atoms with van der Waals surface area (Å²) >= 11 is 5.51. The molecule has 0 saturated heterocycles. The molecule has 0 aromatic carbocycles. The molecule has 0 unspecified atom stereocenters. The van der Waals surface area contributed by atoms with Crippen LogP contribution >= 0.6 is 11.6 Å². The van der Waals surface area contributed by atoms with E-state index in [1.807, 2.05) is 0 Å². The number of carbonyl (C=O) groups is 3. The minimum atomic E-state index is -1.00. The van der Waals surface area contributed by atoms with Gasteiger partial charge in [0.25, 0.3) is 0 Å². The van der Waals surface area contributed by atoms with Crippen LogP contribution in [0, 0.1) is 11.3 Å². The largest absolute Gasteiger partial charge is 1.00 e. The van der Waals surface area contributed by atoms with E-state index >= 15 is 0 Å². The second-order valence-electron chi connectivity index (χ2n) is 13.7. The number of alkyl halides is 2. The predicted octanol–water partition coefficient (Wildman–Crippen LogP) is -0.474. The molecule has 3 amide bonds. The number of aromatic nitrogens is 10. The van der Waals surface area contributed by atoms with E-state index in [9.17, 15) is 42.7 Å². The molecule has 0 aliphatic heterocycles. The fourth-order valence-electron chi connectivity index (χ4n) is 4.76. The van der Waals surface area contributed by atoms with E-state index in [-0.39, 0.29) is 93.8 Å². The van der Waals surface area contributed by atoms with Crippen LogP contribution < -0.4 is 97.3 Å². The number of hydrogen-bond donors (Lipinski definition) is 10. The van der Waals surface area contributed by atoms with Crippen LogP contribution in [-0.4, -0.2) is 123 Å². The van der Waals surface area contributed by atoms with E-state index in [2.05, 4.69) is 65.9 Å². The molecule has 40 heteroatoms. The van der Waals surface area contributed by atoms with Crippen LogP contribution in [0.25, 0.3) is 36.9 Å². The fourth-order valence-corrected chi connectivity index (χ4v) is 4.88. The predicted molar refractivity (Wildman–Crippen MR) is 307 cm³/mol. The minimum absolute atomic E-state index is 0. The third-order valence-corrected chi connectivity index (χ3v) is 7.98. The molecular formula is C43H70ClFN27NaO10. The topological polar surface area (TPSA) is 606 Å². The van der Waals surface area contributed by atoms with Gasteiger partial charge in [-0.25, -0.2) is 29.0 Å². The van der Waals surface area contributed by atoms with Gasteiger partial charge in [0, 0.05) is 128 Å². The van der Waals surface area contributed by atoms with Crippen LogP contribution in [0.4, 0.5) is 33.5 Å². The van der Waals surface area contributed by atoms with Crippen molar-refractivity contribution in [3.05, 3.63) is 151 Å². The molecule has 15 N–H and O–H groups in total. The molecule has 0 bridgehead atoms. The first-order chi connectivity index (χ1) is 39.2. The SMILES string of the molecule is CC#N.CC(=O)Nc1ccn(CCCCl)c(=O)n1.CC(=O)Nc1ccn(CCCN=[N+]=[N-])c(=O)n1.CC(=O)Nc1ccnc(=O)[nH]1.CO.CO.N.NCCCn1ccc(N)nc1=O.[2H]CF.[N-]=[N+]=NCCCn1ccc(N)nc1=O.[N-]=[N+]=[N-].[Na+]. The molecule has 0 saturated carbocycles. The number of nitrogen functional groups attached to an aromatic ring is 2. The number of amides is 3. The molecule has 0 fully saturated rings. The van der Waals surface area contributed by atoms with Crippen molar-refractivity contribution >= 4 is 58.4 Å². The molecule has 5 aromatic rings. The van der Waals surface area contributed by atoms with Gasteiger partial charge in [-0.3, -0.25) is 46.9 Å². The number of nitrogens with one attached hydrogen (secondary N) is 4. The van der Waals surface area contributed by atoms with Crippen molar-refractivity contribution in [3.63, 3.8) is 0 Å². The van der Waals surface area contributed by atoms with Gasteiger partial charge in [-0.2, -0.15) is 25.2 Å². The zero-order valence-electron chi connectivity index (χ0n) is 47.8. The quantitative estimate of drug-likeness (QED) is 0.0140. The number of aliphatic hydroxyl groups is 2. The zero-order chi connectivity index (χ0) is 63.7. The summed E-state index contributed by atoms with van der Waals surface area (Å²) in [6.07, 6.45) is 10.3. The van der Waals surface area contributed by atoms with Crippen molar-refractivity contribution in [1.82, 2.24) is 54.3 Å². The van der Waals surface area contributed by atoms with Gasteiger partial charge in [0.2, 0.25) is 17.7 Å². The molecular weight excluding hydrogens is 1130 g/mol. The number of aromatic amines is 1. The molecule has 452 valence electrons. The van der Waals surface area contributed by atoms with E-state index in [1.165, 1.54) is 75.4 Å². The summed E-state index contributed by atoms with van der Waals surface area (Å²) in [6.45, 7) is 8.79. The Morgan fingerprint density at radius 3 is 1.31 bits per heavy atom. The maximum absolute atomic E-state index is 11.5. The molecule has 5 rings (SSSR count). The van der Waals surface area contributed by atoms with E-state index in [0.29, 0.717) is 76.8 Å². The van der Waals surface area contributed by atoms with E-state index < -0.39 is 18.5 Å². The van der Waals surface area contributed by atoms with Crippen LogP contribution in [0.2, 0.25) is 0 Å². The average molecular weight is 1200 g/mol. The fraction of sp³-hybridized carbons (Fsp3) is 0.442. The van der Waals surface area contributed by atoms with Crippen LogP contribution in [0.5, 0.6) is 0 Å². The third-order valence-electron chi connectivity index (χ3n) is 7.71. The first-order valence-corrected chi connectivity index (χ1v) is 23.2. The van der Waals surface area contributed by atoms with Gasteiger partial charge in [0.1, 0.15) is 29.1 Å². The number of aryl methyl sites for hydroxylation is 4. The van der Waals surface area contributed by atoms with E-state index in [0.717, 1.165) is 20.6 Å². The second kappa shape index (κ2) is 60.5. The van der Waals surface area contributed by atoms with Crippen molar-refractivity contribution in [2.24, 2.45) is 16.0 Å². The summed E-state index contributed by atoms with van der Waals surface area (Å²) < 4.78 is 21.2. The van der Waals surface area contributed by atoms with Crippen molar-refractivity contribution in [2.45, 2.75) is 79.6 Å². The van der Waals surface area contributed by atoms with E-state index in [4.69, 9.17) is 67.8 Å². The third kappa shape index (κ3) is 50.8. The Bertz CT molecular complexity index is 3070. The number of halogens is 2. The first kappa shape index (κ1) is 85.2. The Kier molecular flexibility index (Phi) is 62.1. The Morgan fingerprint density at radius 1 is 0.699 bits per heavy atom. The smallest absolute Gasteiger partial charge is 0.400 e. The van der Waals surface area contributed by atoms with Gasteiger partial charge >= 0.3 is 58.0 Å². The Balaban J connectivity index is -0.000000167. The number of rotatable bonds is 17. The maximum Gasteiger partial charge on any atom is 1.00 e. The van der Waals surface area contributed by atoms with Crippen LogP contribution in [0.1, 0.15) is 54.7 Å². The number of nitriles is 1. The average Bonchev–Trinajstić information content (AvgIpc) is 3.42. The molecule has 0 aliphatic carbocycles. The zero-order valence-corrected chi connectivity index (χ0v) is 49.6. The molecule has 0 aliphatic rings. The van der Waals surface area contributed by atoms with Crippen molar-refractivity contribution in [1.29, 1.82) is 5.26 Å². The molecule has 83 heavy (non-hydrogen) atoms. The first-order valence-electron chi connectivity index (χ1n) is 23.4. The standard InChI is InChI=1S/C9H12ClN3O2.C9H12N6O2.C7H10N6O.C7H12N4O.C6H7N3O2.C2H3N.CH3F.2CH4O.N3.H3N.Na/c1-7(14)11-8-3-6-13(5-2-4-10)9(15)12-8;1-7(16)12-8-3-6-15(9(17)13-8)5-2-4-11-14-10;8-6-2-5-13(7(14)11-6)4-1-3-10-12-9;8-3-1-4-11-5-2-6(9)10-7(11)12;1-4(10)8-5-2-3-7-6(11)9-5;1-2-3;3*1-2;1-3-2;;/h3,6H,2,4-5H2,1H3,(H,11,12,14,15);3,6H,2,4-5H2,1H3,(H,12,13,16,17);2,5H,1,3-4H2,(H2,8,11,14);2,5H,1,3-4,8H2,(H2,9,10,12);2-3H,1H3,(H2,7,8,9,10,11);1H3;1H3;2*2H,1H3;;1H3;/q;;;;;;;;;-1;;+1/i;;;;;;1D;;;;;. The Hall–Kier alpha value is -9.11. The monoisotopic (exact) mass is 1200 g/mol. The summed E-state index contributed by atoms with van der Waals surface area (Å²) in [7, 11) is 1.00. The summed E-state index contributed by atoms with van der Waals surface area (Å²) in [5.74, 6) is 1.07. The number of nitrogens with two attached hydrogens (primary N) is 3. The summed E-state index contributed by atoms with van der Waals surface area (Å²) in [5, 5.41) is 35.3. The van der Waals surface area contributed by atoms with Crippen LogP contribution in [0.15, 0.2) is 95.5 Å². The van der Waals surface area contributed by atoms with Crippen molar-refractivity contribution < 1.29 is 59.9 Å². The second-order valence-corrected chi connectivity index (χ2v) is 14.1. The van der Waals surface area contributed by atoms with Gasteiger partial charge in [0.15, 0.2) is 0 Å². The van der Waals surface area contributed by atoms with E-state index in [1.54, 1.807) is 42.9 Å². The van der Waals surface area contributed by atoms with Crippen molar-refractivity contribution in [3.8, 4) is 6.07 Å². The Labute approximate surface area is 502 Å². The summed E-state index contributed by atoms with van der Waals surface area (Å²) in [4.78, 5) is 115. The number of nitrogens with zero attached hydrogens (tertiary/aromatic N) is 19. The van der Waals surface area contributed by atoms with Gasteiger partial charge in [-0.15, -0.1) is 11.6 Å². The Morgan fingerprint density at radius 2 is 1.02 bits per heavy atom. The molecule has 0 radical (unpaired) electrons. The summed E-state index contributed by atoms with van der Waals surface area (Å²) in [6, 6.07) is 9.52. The van der Waals surface area contributed by atoms with Crippen molar-refractivity contribution in [2.75, 3.05) is 74.3 Å². The molecule has 5 aromatic heterocycles. The molecule has 0 spiro atoms. The number of aliphatic hydroxyl groups excluding tert-OH is 2. The van der Waals surface area contributed by atoms with Gasteiger partial charge in [-0.1, -0.05) is 10.2 Å². The number of azide groups is 2. The minimum Gasteiger partial charge on any atom is -0.400 e. The number of hydrogen-bond acceptors (Lipinski definition) is 22. The number of carbonyl (C=O) groups excluding carboxylic acids is 3. The van der Waals surface area contributed by atoms with Gasteiger partial charge < -0.3 is 60.6 Å². The number of H-pyrrole nitrogens is 1. The van der Waals surface area contributed by atoms with Gasteiger partial charge in [-0.05, 0) is 73.6 Å². The molecule has 5 heterocycles. The van der Waals surface area contributed by atoms with Crippen LogP contribution in [0.3, 0.4) is 0 Å². The van der Waals surface area contributed by atoms with Crippen LogP contribution in [-0.2, 0) is 40.6 Å². The number of anilines is 5. The molecule has 0 atom stereocenters. The van der Waals surface area contributed by atoms with Gasteiger partial charge in [0.05, 0.1) is 14.6 Å². The summed E-state index contributed by atoms with van der Waals surface area (Å²) in [5.41, 5.74) is 43.5. The normalized spacial score (nSPS) is 8.58. The maximum atomic E-state index is 11.5.